The number of hydrogen-bond acceptors (Lipinski definition) is 2. The zero-order chi connectivity index (χ0) is 11.4. The molecule has 1 aromatic carbocycles. The Kier molecular flexibility index (Phi) is 3.83. The van der Waals surface area contributed by atoms with E-state index in [4.69, 9.17) is 4.74 Å². The van der Waals surface area contributed by atoms with Crippen LogP contribution in [0.15, 0.2) is 18.2 Å². The van der Waals surface area contributed by atoms with Crippen molar-refractivity contribution in [2.24, 2.45) is 5.92 Å². The molecule has 2 nitrogen and oxygen atoms in total. The van der Waals surface area contributed by atoms with Crippen LogP contribution in [-0.4, -0.2) is 12.9 Å². The number of methoxy groups -OCH3 is 1. The van der Waals surface area contributed by atoms with Gasteiger partial charge in [0.15, 0.2) is 11.6 Å². The fourth-order valence-corrected chi connectivity index (χ4v) is 1.23. The van der Waals surface area contributed by atoms with Crippen molar-refractivity contribution in [1.29, 1.82) is 0 Å². The van der Waals surface area contributed by atoms with Gasteiger partial charge in [0.1, 0.15) is 5.78 Å². The molecule has 0 aromatic heterocycles. The Morgan fingerprint density at radius 1 is 1.47 bits per heavy atom. The Morgan fingerprint density at radius 3 is 2.60 bits per heavy atom. The summed E-state index contributed by atoms with van der Waals surface area (Å²) in [4.78, 5) is 11.4. The first-order chi connectivity index (χ1) is 7.04. The number of hydrogen-bond donors (Lipinski definition) is 0. The summed E-state index contributed by atoms with van der Waals surface area (Å²) >= 11 is 0. The molecule has 0 spiro atoms. The maximum absolute atomic E-state index is 13.3. The number of ether oxygens (including phenoxy) is 1. The van der Waals surface area contributed by atoms with Crippen molar-refractivity contribution in [2.45, 2.75) is 20.3 Å². The van der Waals surface area contributed by atoms with E-state index in [-0.39, 0.29) is 23.9 Å². The van der Waals surface area contributed by atoms with E-state index in [1.54, 1.807) is 6.07 Å². The third-order valence-corrected chi connectivity index (χ3v) is 2.24. The normalized spacial score (nSPS) is 10.5. The molecule has 0 heterocycles. The van der Waals surface area contributed by atoms with Crippen molar-refractivity contribution >= 4 is 5.78 Å². The average Bonchev–Trinajstić information content (AvgIpc) is 2.18. The van der Waals surface area contributed by atoms with E-state index in [1.165, 1.54) is 19.2 Å². The monoisotopic (exact) mass is 210 g/mol. The molecule has 0 atom stereocenters. The Hall–Kier alpha value is -1.38. The molecule has 0 aliphatic carbocycles. The van der Waals surface area contributed by atoms with Gasteiger partial charge in [0.2, 0.25) is 0 Å². The third kappa shape index (κ3) is 3.05. The minimum absolute atomic E-state index is 0.0184. The first-order valence-corrected chi connectivity index (χ1v) is 4.89. The highest BCUT2D eigenvalue weighted by molar-refractivity contribution is 5.82. The zero-order valence-corrected chi connectivity index (χ0v) is 9.21. The molecule has 0 N–H and O–H groups in total. The van der Waals surface area contributed by atoms with Gasteiger partial charge in [0.05, 0.1) is 7.11 Å². The van der Waals surface area contributed by atoms with Crippen molar-refractivity contribution in [3.05, 3.63) is 29.6 Å². The number of carbonyl (C=O) groups is 1. The van der Waals surface area contributed by atoms with E-state index in [0.29, 0.717) is 5.56 Å². The predicted octanol–water partition coefficient (Wildman–Crippen LogP) is 2.60. The van der Waals surface area contributed by atoms with Crippen LogP contribution in [0, 0.1) is 11.7 Å². The molecule has 0 amide bonds. The zero-order valence-electron chi connectivity index (χ0n) is 9.21. The SMILES string of the molecule is COc1ccc(CC(=O)C(C)C)cc1F. The summed E-state index contributed by atoms with van der Waals surface area (Å²) in [5.74, 6) is -0.128. The molecule has 0 fully saturated rings. The van der Waals surface area contributed by atoms with E-state index >= 15 is 0 Å². The first kappa shape index (κ1) is 11.7. The molecule has 82 valence electrons. The third-order valence-electron chi connectivity index (χ3n) is 2.24. The Balaban J connectivity index is 2.80. The summed E-state index contributed by atoms with van der Waals surface area (Å²) in [6, 6.07) is 4.60. The molecular formula is C12H15FO2. The lowest BCUT2D eigenvalue weighted by molar-refractivity contribution is -0.121. The van der Waals surface area contributed by atoms with Gasteiger partial charge in [-0.1, -0.05) is 19.9 Å². The van der Waals surface area contributed by atoms with Crippen LogP contribution in [0.5, 0.6) is 5.75 Å². The number of benzene rings is 1. The van der Waals surface area contributed by atoms with Gasteiger partial charge in [-0.25, -0.2) is 4.39 Å². The van der Waals surface area contributed by atoms with E-state index in [9.17, 15) is 9.18 Å². The molecule has 1 aromatic rings. The summed E-state index contributed by atoms with van der Waals surface area (Å²) in [7, 11) is 1.41. The molecular weight excluding hydrogens is 195 g/mol. The number of Topliss-reactive ketones (excluding diaryl/α,β-unsaturated/α-hetero) is 1. The fraction of sp³-hybridized carbons (Fsp3) is 0.417. The highest BCUT2D eigenvalue weighted by atomic mass is 19.1. The molecule has 15 heavy (non-hydrogen) atoms. The van der Waals surface area contributed by atoms with Crippen LogP contribution < -0.4 is 4.74 Å². The van der Waals surface area contributed by atoms with Gasteiger partial charge in [-0.05, 0) is 17.7 Å². The maximum atomic E-state index is 13.3. The highest BCUT2D eigenvalue weighted by Gasteiger charge is 2.10. The minimum Gasteiger partial charge on any atom is -0.494 e. The van der Waals surface area contributed by atoms with Crippen molar-refractivity contribution in [1.82, 2.24) is 0 Å². The van der Waals surface area contributed by atoms with E-state index in [1.807, 2.05) is 13.8 Å². The van der Waals surface area contributed by atoms with Crippen LogP contribution in [0.2, 0.25) is 0 Å². The lowest BCUT2D eigenvalue weighted by Gasteiger charge is -2.06. The average molecular weight is 210 g/mol. The van der Waals surface area contributed by atoms with Gasteiger partial charge in [-0.15, -0.1) is 0 Å². The van der Waals surface area contributed by atoms with Gasteiger partial charge < -0.3 is 4.74 Å². The second-order valence-electron chi connectivity index (χ2n) is 3.77. The first-order valence-electron chi connectivity index (χ1n) is 4.89. The van der Waals surface area contributed by atoms with Gasteiger partial charge in [-0.3, -0.25) is 4.79 Å². The number of halogens is 1. The fourth-order valence-electron chi connectivity index (χ4n) is 1.23. The Labute approximate surface area is 89.1 Å². The van der Waals surface area contributed by atoms with Crippen molar-refractivity contribution in [3.63, 3.8) is 0 Å². The van der Waals surface area contributed by atoms with E-state index < -0.39 is 5.82 Å². The number of ketones is 1. The van der Waals surface area contributed by atoms with Crippen LogP contribution in [0.1, 0.15) is 19.4 Å². The number of rotatable bonds is 4. The van der Waals surface area contributed by atoms with Crippen molar-refractivity contribution in [3.8, 4) is 5.75 Å². The van der Waals surface area contributed by atoms with Crippen LogP contribution >= 0.6 is 0 Å². The van der Waals surface area contributed by atoms with Gasteiger partial charge in [0.25, 0.3) is 0 Å². The van der Waals surface area contributed by atoms with E-state index in [2.05, 4.69) is 0 Å². The predicted molar refractivity (Wildman–Crippen MR) is 56.5 cm³/mol. The summed E-state index contributed by atoms with van der Waals surface area (Å²) < 4.78 is 18.1. The number of carbonyl (C=O) groups excluding carboxylic acids is 1. The Morgan fingerprint density at radius 2 is 2.13 bits per heavy atom. The molecule has 0 bridgehead atoms. The van der Waals surface area contributed by atoms with Crippen LogP contribution in [0.4, 0.5) is 4.39 Å². The summed E-state index contributed by atoms with van der Waals surface area (Å²) in [6.07, 6.45) is 0.276. The Bertz CT molecular complexity index is 359. The summed E-state index contributed by atoms with van der Waals surface area (Å²) in [5.41, 5.74) is 0.687. The van der Waals surface area contributed by atoms with Crippen LogP contribution in [0.3, 0.4) is 0 Å². The molecule has 0 saturated carbocycles. The second-order valence-corrected chi connectivity index (χ2v) is 3.77. The minimum atomic E-state index is -0.424. The van der Waals surface area contributed by atoms with Gasteiger partial charge in [0, 0.05) is 12.3 Å². The van der Waals surface area contributed by atoms with Crippen LogP contribution in [-0.2, 0) is 11.2 Å². The molecule has 3 heteroatoms. The standard InChI is InChI=1S/C12H15FO2/c1-8(2)11(14)7-9-4-5-12(15-3)10(13)6-9/h4-6,8H,7H2,1-3H3. The molecule has 0 radical (unpaired) electrons. The topological polar surface area (TPSA) is 26.3 Å². The van der Waals surface area contributed by atoms with Gasteiger partial charge >= 0.3 is 0 Å². The smallest absolute Gasteiger partial charge is 0.165 e. The molecule has 1 rings (SSSR count). The van der Waals surface area contributed by atoms with E-state index in [0.717, 1.165) is 0 Å². The summed E-state index contributed by atoms with van der Waals surface area (Å²) in [5, 5.41) is 0. The lowest BCUT2D eigenvalue weighted by atomic mass is 10.0. The van der Waals surface area contributed by atoms with Crippen molar-refractivity contribution in [2.75, 3.05) is 7.11 Å². The largest absolute Gasteiger partial charge is 0.494 e. The highest BCUT2D eigenvalue weighted by Crippen LogP contribution is 2.18. The quantitative estimate of drug-likeness (QED) is 0.763. The van der Waals surface area contributed by atoms with Crippen LogP contribution in [0.25, 0.3) is 0 Å². The lowest BCUT2D eigenvalue weighted by Crippen LogP contribution is -2.10. The summed E-state index contributed by atoms with van der Waals surface area (Å²) in [6.45, 7) is 3.67. The molecule has 0 saturated heterocycles. The van der Waals surface area contributed by atoms with Crippen molar-refractivity contribution < 1.29 is 13.9 Å². The second kappa shape index (κ2) is 4.91. The molecule has 0 unspecified atom stereocenters. The van der Waals surface area contributed by atoms with Gasteiger partial charge in [-0.2, -0.15) is 0 Å². The molecule has 0 aliphatic rings. The maximum Gasteiger partial charge on any atom is 0.165 e. The molecule has 0 aliphatic heterocycles.